The summed E-state index contributed by atoms with van der Waals surface area (Å²) >= 11 is 0. The fraction of sp³-hybridized carbons (Fsp3) is 0. The van der Waals surface area contributed by atoms with E-state index in [2.05, 4.69) is 77.4 Å². The summed E-state index contributed by atoms with van der Waals surface area (Å²) in [6.07, 6.45) is 0. The molecule has 0 aliphatic rings. The van der Waals surface area contributed by atoms with E-state index in [4.69, 9.17) is 9.90 Å². The first-order valence-electron chi connectivity index (χ1n) is 17.0. The second kappa shape index (κ2) is 9.22. The lowest BCUT2D eigenvalue weighted by molar-refractivity contribution is 0.669. The minimum Gasteiger partial charge on any atom is -0.456 e. The van der Waals surface area contributed by atoms with Crippen LogP contribution < -0.4 is 0 Å². The highest BCUT2D eigenvalue weighted by molar-refractivity contribution is 6.14. The van der Waals surface area contributed by atoms with E-state index in [-0.39, 0.29) is 24.2 Å². The summed E-state index contributed by atoms with van der Waals surface area (Å²) in [6, 6.07) is 44.9. The van der Waals surface area contributed by atoms with Crippen LogP contribution in [0.25, 0.3) is 88.1 Å². The van der Waals surface area contributed by atoms with Crippen molar-refractivity contribution in [2.75, 3.05) is 0 Å². The molecule has 0 saturated carbocycles. The molecule has 0 saturated heterocycles. The normalized spacial score (nSPS) is 13.2. The summed E-state index contributed by atoms with van der Waals surface area (Å²) in [5, 5.41) is 5.67. The molecule has 7 aromatic carbocycles. The topological polar surface area (TPSA) is 23.0 Å². The Kier molecular flexibility index (Phi) is 4.26. The molecular formula is C42H26N2O. The van der Waals surface area contributed by atoms with Gasteiger partial charge in [0.25, 0.3) is 0 Å². The van der Waals surface area contributed by atoms with Gasteiger partial charge in [-0.2, -0.15) is 0 Å². The quantitative estimate of drug-likeness (QED) is 0.204. The van der Waals surface area contributed by atoms with E-state index in [0.717, 1.165) is 77.1 Å². The van der Waals surface area contributed by atoms with Crippen molar-refractivity contribution in [1.29, 1.82) is 0 Å². The molecule has 45 heavy (non-hydrogen) atoms. The van der Waals surface area contributed by atoms with E-state index in [9.17, 15) is 0 Å². The average molecular weight is 579 g/mol. The van der Waals surface area contributed by atoms with Gasteiger partial charge in [0.1, 0.15) is 11.2 Å². The fourth-order valence-electron chi connectivity index (χ4n) is 7.14. The lowest BCUT2D eigenvalue weighted by atomic mass is 9.99. The number of rotatable bonds is 3. The molecule has 0 atom stereocenters. The largest absolute Gasteiger partial charge is 0.456 e. The summed E-state index contributed by atoms with van der Waals surface area (Å²) in [6.45, 7) is 0. The van der Waals surface area contributed by atoms with Gasteiger partial charge in [-0.25, -0.2) is 0 Å². The molecule has 0 bridgehead atoms. The van der Waals surface area contributed by atoms with Crippen molar-refractivity contribution in [1.82, 2.24) is 9.13 Å². The van der Waals surface area contributed by atoms with E-state index in [1.165, 1.54) is 0 Å². The van der Waals surface area contributed by atoms with Crippen LogP contribution in [0.5, 0.6) is 0 Å². The van der Waals surface area contributed by atoms with Crippen molar-refractivity contribution >= 4 is 65.6 Å². The van der Waals surface area contributed by atoms with Crippen LogP contribution in [0.4, 0.5) is 0 Å². The van der Waals surface area contributed by atoms with Crippen molar-refractivity contribution in [2.24, 2.45) is 0 Å². The maximum Gasteiger partial charge on any atom is 0.136 e. The van der Waals surface area contributed by atoms with Crippen LogP contribution in [-0.2, 0) is 0 Å². The molecule has 0 N–H and O–H groups in total. The van der Waals surface area contributed by atoms with Crippen LogP contribution in [-0.4, -0.2) is 9.13 Å². The Morgan fingerprint density at radius 2 is 1.09 bits per heavy atom. The van der Waals surface area contributed by atoms with Gasteiger partial charge in [-0.3, -0.25) is 0 Å². The van der Waals surface area contributed by atoms with Gasteiger partial charge < -0.3 is 13.6 Å². The van der Waals surface area contributed by atoms with Crippen molar-refractivity contribution in [3.63, 3.8) is 0 Å². The molecule has 3 heteroatoms. The van der Waals surface area contributed by atoms with Crippen LogP contribution in [0.3, 0.4) is 0 Å². The van der Waals surface area contributed by atoms with Gasteiger partial charge in [-0.15, -0.1) is 0 Å². The maximum absolute atomic E-state index is 8.91. The smallest absolute Gasteiger partial charge is 0.136 e. The van der Waals surface area contributed by atoms with E-state index in [1.807, 2.05) is 65.2 Å². The number of hydrogen-bond acceptors (Lipinski definition) is 1. The zero-order valence-electron chi connectivity index (χ0n) is 28.0. The Morgan fingerprint density at radius 3 is 1.96 bits per heavy atom. The number of benzene rings is 7. The van der Waals surface area contributed by atoms with Gasteiger partial charge in [-0.1, -0.05) is 97.0 Å². The summed E-state index contributed by atoms with van der Waals surface area (Å²) in [5.41, 5.74) is 9.23. The predicted molar refractivity (Wildman–Crippen MR) is 188 cm³/mol. The Hall–Kier alpha value is -6.06. The molecule has 210 valence electrons. The van der Waals surface area contributed by atoms with E-state index in [0.29, 0.717) is 10.9 Å². The Bertz CT molecular complexity index is 3000. The lowest BCUT2D eigenvalue weighted by Crippen LogP contribution is -1.96. The van der Waals surface area contributed by atoms with Crippen molar-refractivity contribution in [3.05, 3.63) is 158 Å². The molecule has 3 aromatic heterocycles. The lowest BCUT2D eigenvalue weighted by Gasteiger charge is -2.12. The molecule has 10 aromatic rings. The first-order chi connectivity index (χ1) is 24.0. The van der Waals surface area contributed by atoms with E-state index < -0.39 is 0 Å². The van der Waals surface area contributed by atoms with Gasteiger partial charge in [-0.05, 0) is 71.8 Å². The molecule has 0 fully saturated rings. The zero-order valence-corrected chi connectivity index (χ0v) is 24.0. The maximum atomic E-state index is 8.91. The minimum atomic E-state index is -0.238. The second-order valence-corrected chi connectivity index (χ2v) is 11.5. The first-order valence-corrected chi connectivity index (χ1v) is 15.0. The molecular weight excluding hydrogens is 548 g/mol. The van der Waals surface area contributed by atoms with Gasteiger partial charge >= 0.3 is 0 Å². The molecule has 3 heterocycles. The highest BCUT2D eigenvalue weighted by Gasteiger charge is 2.17. The molecule has 0 aliphatic heterocycles. The average Bonchev–Trinajstić information content (AvgIpc) is 3.81. The second-order valence-electron chi connectivity index (χ2n) is 11.5. The third kappa shape index (κ3) is 3.46. The van der Waals surface area contributed by atoms with Gasteiger partial charge in [0.05, 0.1) is 27.5 Å². The summed E-state index contributed by atoms with van der Waals surface area (Å²) in [7, 11) is 0. The number of furan rings is 1. The van der Waals surface area contributed by atoms with Crippen molar-refractivity contribution in [3.8, 4) is 22.5 Å². The fourth-order valence-corrected chi connectivity index (χ4v) is 7.14. The van der Waals surface area contributed by atoms with Crippen molar-refractivity contribution in [2.45, 2.75) is 0 Å². The van der Waals surface area contributed by atoms with Gasteiger partial charge in [0.15, 0.2) is 0 Å². The molecule has 10 rings (SSSR count). The van der Waals surface area contributed by atoms with Crippen LogP contribution in [0.15, 0.2) is 162 Å². The first kappa shape index (κ1) is 20.8. The van der Waals surface area contributed by atoms with Gasteiger partial charge in [0, 0.05) is 43.7 Å². The summed E-state index contributed by atoms with van der Waals surface area (Å²) < 4.78 is 45.0. The molecule has 0 aliphatic carbocycles. The van der Waals surface area contributed by atoms with Crippen LogP contribution >= 0.6 is 0 Å². The van der Waals surface area contributed by atoms with Crippen molar-refractivity contribution < 1.29 is 9.90 Å². The monoisotopic (exact) mass is 578 g/mol. The molecule has 0 amide bonds. The highest BCUT2D eigenvalue weighted by atomic mass is 16.3. The van der Waals surface area contributed by atoms with Gasteiger partial charge in [0.2, 0.25) is 0 Å². The van der Waals surface area contributed by atoms with E-state index in [1.54, 1.807) is 0 Å². The number of para-hydroxylation sites is 4. The third-order valence-electron chi connectivity index (χ3n) is 9.04. The Balaban J connectivity index is 1.22. The van der Waals surface area contributed by atoms with Crippen LogP contribution in [0.1, 0.15) is 5.48 Å². The van der Waals surface area contributed by atoms with Crippen LogP contribution in [0.2, 0.25) is 0 Å². The van der Waals surface area contributed by atoms with Crippen LogP contribution in [0, 0.1) is 0 Å². The molecule has 0 spiro atoms. The molecule has 0 radical (unpaired) electrons. The zero-order chi connectivity index (χ0) is 33.0. The molecule has 3 nitrogen and oxygen atoms in total. The predicted octanol–water partition coefficient (Wildman–Crippen LogP) is 11.4. The SMILES string of the molecule is [2H]c1c([2H])c([2H])c2c(c1[2H])c1ccccc1n2-c1ccc2c(c1)c1ccccc1n2-c1cccc(-c2cccc3oc4ccccc4c23)c1. The minimum absolute atomic E-state index is 0.0253. The van der Waals surface area contributed by atoms with E-state index >= 15 is 0 Å². The molecule has 0 unspecified atom stereocenters. The summed E-state index contributed by atoms with van der Waals surface area (Å²) in [4.78, 5) is 0. The Labute approximate surface area is 264 Å². The Morgan fingerprint density at radius 1 is 0.444 bits per heavy atom. The standard InChI is InChI=1S/C42H26N2O/c1-5-18-36-31(13-1)32-14-2-6-19-37(32)44(36)29-23-24-39-35(26-29)33-15-3-7-20-38(33)43(39)28-12-9-11-27(25-28)30-17-10-22-41-42(30)34-16-4-8-21-40(34)45-41/h1-26H/i1D,5D,13D,18D. The summed E-state index contributed by atoms with van der Waals surface area (Å²) in [5.74, 6) is 0. The highest BCUT2D eigenvalue weighted by Crippen LogP contribution is 2.40. The third-order valence-corrected chi connectivity index (χ3v) is 9.04. The number of fused-ring (bicyclic) bond motifs is 9. The number of aromatic nitrogens is 2. The number of nitrogens with zero attached hydrogens (tertiary/aromatic N) is 2. The number of hydrogen-bond donors (Lipinski definition) is 0.